The van der Waals surface area contributed by atoms with Gasteiger partial charge in [0.25, 0.3) is 0 Å². The minimum Gasteiger partial charge on any atom is -0.377 e. The van der Waals surface area contributed by atoms with Crippen LogP contribution in [0.3, 0.4) is 0 Å². The maximum atomic E-state index is 6.75. The molecule has 0 unspecified atom stereocenters. The van der Waals surface area contributed by atoms with Crippen LogP contribution in [0.1, 0.15) is 111 Å². The minimum atomic E-state index is 0.189. The third-order valence-corrected chi connectivity index (χ3v) is 14.2. The highest BCUT2D eigenvalue weighted by atomic mass is 16.5. The maximum Gasteiger partial charge on any atom is 0.0663 e. The van der Waals surface area contributed by atoms with Crippen LogP contribution in [0.4, 0.5) is 0 Å². The Labute approximate surface area is 207 Å². The number of nitrogens with one attached hydrogen (secondary N) is 1. The van der Waals surface area contributed by atoms with Crippen LogP contribution in [0.15, 0.2) is 6.20 Å². The van der Waals surface area contributed by atoms with Gasteiger partial charge in [-0.3, -0.25) is 5.10 Å². The highest BCUT2D eigenvalue weighted by molar-refractivity contribution is 5.34. The summed E-state index contributed by atoms with van der Waals surface area (Å²) in [6, 6.07) is 0. The minimum absolute atomic E-state index is 0.189. The molecule has 4 saturated carbocycles. The summed E-state index contributed by atoms with van der Waals surface area (Å²) >= 11 is 0. The lowest BCUT2D eigenvalue weighted by Crippen LogP contribution is -2.67. The fourth-order valence-electron chi connectivity index (χ4n) is 12.4. The lowest BCUT2D eigenvalue weighted by molar-refractivity contribution is -0.232. The number of hydrogen-bond acceptors (Lipinski definition) is 2. The standard InChI is InChI=1S/C31H48N2O/c1-26(2)12-14-31-15-13-29(6)20(23(31)25(26)34-18-31)8-9-22-28(5)16-19-17-32-33-24(19)27(3,4)21(28)10-11-30(22,29)7/h17,20-23,25H,8-16,18H2,1-7H3,(H,32,33)/t20-,21+,22-,23+,25-,28+,29-,30-,31-/m1/s1. The van der Waals surface area contributed by atoms with Gasteiger partial charge >= 0.3 is 0 Å². The lowest BCUT2D eigenvalue weighted by Gasteiger charge is -2.72. The molecular formula is C31H48N2O. The summed E-state index contributed by atoms with van der Waals surface area (Å²) in [5, 5.41) is 7.96. The van der Waals surface area contributed by atoms with Crippen LogP contribution in [-0.2, 0) is 16.6 Å². The van der Waals surface area contributed by atoms with Gasteiger partial charge in [-0.05, 0) is 114 Å². The van der Waals surface area contributed by atoms with E-state index in [4.69, 9.17) is 4.74 Å². The second kappa shape index (κ2) is 6.35. The van der Waals surface area contributed by atoms with Gasteiger partial charge in [-0.15, -0.1) is 0 Å². The average Bonchev–Trinajstić information content (AvgIpc) is 3.35. The Hall–Kier alpha value is -0.830. The van der Waals surface area contributed by atoms with Gasteiger partial charge in [0.1, 0.15) is 0 Å². The van der Waals surface area contributed by atoms with Crippen molar-refractivity contribution in [3.05, 3.63) is 17.5 Å². The van der Waals surface area contributed by atoms with Gasteiger partial charge in [-0.2, -0.15) is 5.10 Å². The Balaban J connectivity index is 1.30. The molecule has 5 fully saturated rings. The van der Waals surface area contributed by atoms with Crippen LogP contribution in [-0.4, -0.2) is 22.9 Å². The van der Waals surface area contributed by atoms with Crippen molar-refractivity contribution in [2.75, 3.05) is 6.61 Å². The molecule has 0 spiro atoms. The Kier molecular flexibility index (Phi) is 4.18. The van der Waals surface area contributed by atoms with Gasteiger partial charge in [0.15, 0.2) is 0 Å². The van der Waals surface area contributed by atoms with E-state index in [9.17, 15) is 0 Å². The molecule has 2 bridgehead atoms. The summed E-state index contributed by atoms with van der Waals surface area (Å²) in [4.78, 5) is 0. The molecule has 1 N–H and O–H groups in total. The predicted molar refractivity (Wildman–Crippen MR) is 136 cm³/mol. The first-order chi connectivity index (χ1) is 15.9. The number of rotatable bonds is 0. The Bertz CT molecular complexity index is 1020. The van der Waals surface area contributed by atoms with Crippen LogP contribution in [0.2, 0.25) is 0 Å². The number of aromatic nitrogens is 2. The number of nitrogens with zero attached hydrogens (tertiary/aromatic N) is 1. The van der Waals surface area contributed by atoms with Gasteiger partial charge in [-0.1, -0.05) is 48.5 Å². The molecule has 1 aliphatic heterocycles. The van der Waals surface area contributed by atoms with Crippen LogP contribution in [0.5, 0.6) is 0 Å². The largest absolute Gasteiger partial charge is 0.377 e. The van der Waals surface area contributed by atoms with Crippen molar-refractivity contribution in [1.29, 1.82) is 0 Å². The SMILES string of the molecule is CC1(C)CC[C@]23CC[C@]4(C)[C@H](CC[C@@H]5[C@@]6(C)Cc7cn[nH]c7C(C)(C)[C@@H]6CC[C@]54C)[C@H]2[C@H]1OC3. The second-order valence-electron chi connectivity index (χ2n) is 15.9. The Morgan fingerprint density at radius 1 is 0.853 bits per heavy atom. The van der Waals surface area contributed by atoms with Crippen molar-refractivity contribution in [1.82, 2.24) is 10.2 Å². The third kappa shape index (κ3) is 2.34. The van der Waals surface area contributed by atoms with Gasteiger partial charge in [0.2, 0.25) is 0 Å². The second-order valence-corrected chi connectivity index (χ2v) is 15.9. The monoisotopic (exact) mass is 464 g/mol. The van der Waals surface area contributed by atoms with Crippen molar-refractivity contribution < 1.29 is 4.74 Å². The maximum absolute atomic E-state index is 6.75. The van der Waals surface area contributed by atoms with Crippen molar-refractivity contribution in [3.8, 4) is 0 Å². The molecule has 0 radical (unpaired) electrons. The fourth-order valence-corrected chi connectivity index (χ4v) is 12.4. The molecule has 5 aliphatic carbocycles. The molecule has 3 nitrogen and oxygen atoms in total. The first-order valence-electron chi connectivity index (χ1n) is 14.5. The van der Waals surface area contributed by atoms with Gasteiger partial charge in [-0.25, -0.2) is 0 Å². The van der Waals surface area contributed by atoms with E-state index < -0.39 is 0 Å². The summed E-state index contributed by atoms with van der Waals surface area (Å²) in [6.45, 7) is 19.3. The number of ether oxygens (including phenoxy) is 1. The Morgan fingerprint density at radius 2 is 1.62 bits per heavy atom. The van der Waals surface area contributed by atoms with Crippen LogP contribution in [0, 0.1) is 50.7 Å². The molecule has 188 valence electrons. The molecule has 0 aromatic carbocycles. The molecule has 34 heavy (non-hydrogen) atoms. The average molecular weight is 465 g/mol. The molecule has 1 aromatic rings. The first-order valence-corrected chi connectivity index (χ1v) is 14.5. The van der Waals surface area contributed by atoms with Gasteiger partial charge in [0, 0.05) is 11.1 Å². The summed E-state index contributed by atoms with van der Waals surface area (Å²) in [5.74, 6) is 3.19. The van der Waals surface area contributed by atoms with E-state index in [1.807, 2.05) is 0 Å². The molecule has 1 saturated heterocycles. The molecule has 2 heterocycles. The zero-order valence-corrected chi connectivity index (χ0v) is 22.9. The number of H-pyrrole nitrogens is 1. The fraction of sp³-hybridized carbons (Fsp3) is 0.903. The number of fused-ring (bicyclic) bond motifs is 6. The summed E-state index contributed by atoms with van der Waals surface area (Å²) in [6.07, 6.45) is 15.1. The summed E-state index contributed by atoms with van der Waals surface area (Å²) in [7, 11) is 0. The Morgan fingerprint density at radius 3 is 2.41 bits per heavy atom. The van der Waals surface area contributed by atoms with Crippen molar-refractivity contribution in [2.24, 2.45) is 50.7 Å². The molecule has 1 aromatic heterocycles. The van der Waals surface area contributed by atoms with Crippen molar-refractivity contribution in [3.63, 3.8) is 0 Å². The topological polar surface area (TPSA) is 37.9 Å². The van der Waals surface area contributed by atoms with Crippen molar-refractivity contribution in [2.45, 2.75) is 118 Å². The predicted octanol–water partition coefficient (Wildman–Crippen LogP) is 7.31. The zero-order chi connectivity index (χ0) is 23.9. The van der Waals surface area contributed by atoms with E-state index >= 15 is 0 Å². The molecule has 0 amide bonds. The molecular weight excluding hydrogens is 416 g/mol. The van der Waals surface area contributed by atoms with E-state index in [1.54, 1.807) is 0 Å². The number of aromatic amines is 1. The van der Waals surface area contributed by atoms with E-state index in [-0.39, 0.29) is 5.41 Å². The lowest BCUT2D eigenvalue weighted by atomic mass is 9.31. The smallest absolute Gasteiger partial charge is 0.0663 e. The molecule has 6 aliphatic rings. The van der Waals surface area contributed by atoms with Gasteiger partial charge < -0.3 is 4.74 Å². The van der Waals surface area contributed by atoms with E-state index in [1.165, 1.54) is 69.0 Å². The van der Waals surface area contributed by atoms with E-state index in [0.717, 1.165) is 30.3 Å². The molecule has 9 atom stereocenters. The van der Waals surface area contributed by atoms with Crippen LogP contribution >= 0.6 is 0 Å². The normalized spacial score (nSPS) is 54.3. The zero-order valence-electron chi connectivity index (χ0n) is 22.9. The van der Waals surface area contributed by atoms with Crippen LogP contribution in [0.25, 0.3) is 0 Å². The van der Waals surface area contributed by atoms with E-state index in [2.05, 4.69) is 64.9 Å². The third-order valence-electron chi connectivity index (χ3n) is 14.2. The molecule has 7 rings (SSSR count). The van der Waals surface area contributed by atoms with Crippen LogP contribution < -0.4 is 0 Å². The molecule has 3 heteroatoms. The highest BCUT2D eigenvalue weighted by Crippen LogP contribution is 2.77. The highest BCUT2D eigenvalue weighted by Gasteiger charge is 2.72. The van der Waals surface area contributed by atoms with E-state index in [0.29, 0.717) is 33.2 Å². The van der Waals surface area contributed by atoms with Gasteiger partial charge in [0.05, 0.1) is 18.9 Å². The first kappa shape index (κ1) is 22.4. The number of hydrogen-bond donors (Lipinski definition) is 1. The quantitative estimate of drug-likeness (QED) is 0.437. The van der Waals surface area contributed by atoms with Crippen molar-refractivity contribution >= 4 is 0 Å². The summed E-state index contributed by atoms with van der Waals surface area (Å²) in [5.41, 5.74) is 5.20. The summed E-state index contributed by atoms with van der Waals surface area (Å²) < 4.78 is 6.75.